The van der Waals surface area contributed by atoms with E-state index in [4.69, 9.17) is 0 Å². The molecule has 0 spiro atoms. The van der Waals surface area contributed by atoms with Crippen molar-refractivity contribution in [2.45, 2.75) is 19.8 Å². The van der Waals surface area contributed by atoms with Gasteiger partial charge in [0.05, 0.1) is 0 Å². The zero-order valence-corrected chi connectivity index (χ0v) is 12.3. The summed E-state index contributed by atoms with van der Waals surface area (Å²) in [4.78, 5) is 36.8. The molecule has 2 saturated heterocycles. The first-order valence-corrected chi connectivity index (χ1v) is 7.28. The van der Waals surface area contributed by atoms with Gasteiger partial charge in [-0.15, -0.1) is 0 Å². The zero-order chi connectivity index (χ0) is 15.7. The molecule has 0 saturated carbocycles. The molecule has 0 unspecified atom stereocenters. The normalized spacial score (nSPS) is 18.3. The number of anilines is 1. The Labute approximate surface area is 128 Å². The molecule has 1 aromatic carbocycles. The molecule has 3 rings (SSSR count). The molecule has 2 aliphatic rings. The van der Waals surface area contributed by atoms with E-state index in [1.165, 1.54) is 18.9 Å². The van der Waals surface area contributed by atoms with Crippen molar-refractivity contribution in [1.29, 1.82) is 0 Å². The molecule has 2 N–H and O–H groups in total. The highest BCUT2D eigenvalue weighted by molar-refractivity contribution is 6.31. The number of amides is 4. The second-order valence-electron chi connectivity index (χ2n) is 5.53. The number of nitrogens with one attached hydrogen (secondary N) is 2. The highest BCUT2D eigenvalue weighted by Crippen LogP contribution is 2.24. The van der Waals surface area contributed by atoms with Gasteiger partial charge in [-0.05, 0) is 49.1 Å². The number of carbonyl (C=O) groups is 3. The first kappa shape index (κ1) is 14.3. The maximum atomic E-state index is 11.7. The lowest BCUT2D eigenvalue weighted by Crippen LogP contribution is -2.51. The van der Waals surface area contributed by atoms with Crippen molar-refractivity contribution in [2.24, 2.45) is 0 Å². The van der Waals surface area contributed by atoms with E-state index in [-0.39, 0.29) is 5.57 Å². The third kappa shape index (κ3) is 2.72. The summed E-state index contributed by atoms with van der Waals surface area (Å²) in [5.74, 6) is -1.34. The summed E-state index contributed by atoms with van der Waals surface area (Å²) in [6.07, 6.45) is 3.93. The third-order valence-corrected chi connectivity index (χ3v) is 3.97. The van der Waals surface area contributed by atoms with E-state index in [0.29, 0.717) is 0 Å². The van der Waals surface area contributed by atoms with Crippen molar-refractivity contribution in [1.82, 2.24) is 10.6 Å². The number of urea groups is 1. The molecule has 22 heavy (non-hydrogen) atoms. The standard InChI is InChI=1S/C16H17N3O3/c1-10-8-12(19-6-2-3-7-19)5-4-11(10)9-13-14(20)17-16(22)18-15(13)21/h4-5,8-9H,2-3,6-7H2,1H3,(H2,17,18,20,21,22). The van der Waals surface area contributed by atoms with Crippen LogP contribution < -0.4 is 15.5 Å². The number of nitrogens with zero attached hydrogens (tertiary/aromatic N) is 1. The van der Waals surface area contributed by atoms with Crippen LogP contribution >= 0.6 is 0 Å². The highest BCUT2D eigenvalue weighted by atomic mass is 16.2. The minimum atomic E-state index is -0.784. The van der Waals surface area contributed by atoms with Crippen LogP contribution in [0.2, 0.25) is 0 Å². The van der Waals surface area contributed by atoms with Crippen molar-refractivity contribution in [3.63, 3.8) is 0 Å². The molecular formula is C16H17N3O3. The summed E-state index contributed by atoms with van der Waals surface area (Å²) in [5, 5.41) is 4.14. The van der Waals surface area contributed by atoms with E-state index in [1.54, 1.807) is 0 Å². The van der Waals surface area contributed by atoms with Crippen LogP contribution in [0.15, 0.2) is 23.8 Å². The largest absolute Gasteiger partial charge is 0.372 e. The summed E-state index contributed by atoms with van der Waals surface area (Å²) in [6.45, 7) is 4.06. The Morgan fingerprint density at radius 1 is 1.05 bits per heavy atom. The number of barbiturate groups is 1. The van der Waals surface area contributed by atoms with Crippen molar-refractivity contribution < 1.29 is 14.4 Å². The van der Waals surface area contributed by atoms with Gasteiger partial charge in [-0.3, -0.25) is 20.2 Å². The summed E-state index contributed by atoms with van der Waals surface area (Å²) < 4.78 is 0. The molecule has 1 aromatic rings. The molecule has 0 atom stereocenters. The maximum absolute atomic E-state index is 11.7. The first-order chi connectivity index (χ1) is 10.5. The molecule has 4 amide bonds. The molecular weight excluding hydrogens is 282 g/mol. The van der Waals surface area contributed by atoms with E-state index in [9.17, 15) is 14.4 Å². The molecule has 0 aromatic heterocycles. The third-order valence-electron chi connectivity index (χ3n) is 3.97. The second kappa shape index (κ2) is 5.63. The SMILES string of the molecule is Cc1cc(N2CCCC2)ccc1C=C1C(=O)NC(=O)NC1=O. The zero-order valence-electron chi connectivity index (χ0n) is 12.3. The van der Waals surface area contributed by atoms with Gasteiger partial charge in [-0.1, -0.05) is 6.07 Å². The van der Waals surface area contributed by atoms with E-state index in [1.807, 2.05) is 19.1 Å². The monoisotopic (exact) mass is 299 g/mol. The van der Waals surface area contributed by atoms with Crippen LogP contribution in [-0.4, -0.2) is 30.9 Å². The van der Waals surface area contributed by atoms with Crippen LogP contribution in [0.3, 0.4) is 0 Å². The smallest absolute Gasteiger partial charge is 0.328 e. The molecule has 0 radical (unpaired) electrons. The summed E-state index contributed by atoms with van der Waals surface area (Å²) in [5.41, 5.74) is 2.87. The fourth-order valence-electron chi connectivity index (χ4n) is 2.76. The van der Waals surface area contributed by atoms with Gasteiger partial charge < -0.3 is 4.90 Å². The molecule has 2 heterocycles. The van der Waals surface area contributed by atoms with Gasteiger partial charge in [0.15, 0.2) is 0 Å². The number of rotatable bonds is 2. The van der Waals surface area contributed by atoms with E-state index in [2.05, 4.69) is 21.6 Å². The van der Waals surface area contributed by atoms with Gasteiger partial charge in [-0.2, -0.15) is 0 Å². The summed E-state index contributed by atoms with van der Waals surface area (Å²) >= 11 is 0. The molecule has 0 aliphatic carbocycles. The lowest BCUT2D eigenvalue weighted by atomic mass is 10.0. The Balaban J connectivity index is 1.88. The number of hydrogen-bond acceptors (Lipinski definition) is 4. The van der Waals surface area contributed by atoms with E-state index < -0.39 is 17.8 Å². The van der Waals surface area contributed by atoms with E-state index >= 15 is 0 Å². The van der Waals surface area contributed by atoms with Crippen molar-refractivity contribution in [3.05, 3.63) is 34.9 Å². The number of aryl methyl sites for hydroxylation is 1. The Morgan fingerprint density at radius 3 is 2.27 bits per heavy atom. The lowest BCUT2D eigenvalue weighted by Gasteiger charge is -2.19. The summed E-state index contributed by atoms with van der Waals surface area (Å²) in [7, 11) is 0. The minimum Gasteiger partial charge on any atom is -0.372 e. The molecule has 2 fully saturated rings. The summed E-state index contributed by atoms with van der Waals surface area (Å²) in [6, 6.07) is 5.16. The average Bonchev–Trinajstić information content (AvgIpc) is 2.98. The maximum Gasteiger partial charge on any atom is 0.328 e. The van der Waals surface area contributed by atoms with Crippen molar-refractivity contribution in [2.75, 3.05) is 18.0 Å². The quantitative estimate of drug-likeness (QED) is 0.638. The van der Waals surface area contributed by atoms with Gasteiger partial charge in [0.2, 0.25) is 0 Å². The number of benzene rings is 1. The molecule has 6 heteroatoms. The van der Waals surface area contributed by atoms with Crippen LogP contribution in [0, 0.1) is 6.92 Å². The Kier molecular flexibility index (Phi) is 3.66. The highest BCUT2D eigenvalue weighted by Gasteiger charge is 2.27. The average molecular weight is 299 g/mol. The Bertz CT molecular complexity index is 666. The Hall–Kier alpha value is -2.63. The molecule has 2 aliphatic heterocycles. The van der Waals surface area contributed by atoms with Gasteiger partial charge in [0, 0.05) is 18.8 Å². The molecule has 6 nitrogen and oxygen atoms in total. The predicted octanol–water partition coefficient (Wildman–Crippen LogP) is 1.34. The van der Waals surface area contributed by atoms with Crippen molar-refractivity contribution in [3.8, 4) is 0 Å². The van der Waals surface area contributed by atoms with Crippen LogP contribution in [0.25, 0.3) is 6.08 Å². The van der Waals surface area contributed by atoms with Crippen LogP contribution in [-0.2, 0) is 9.59 Å². The van der Waals surface area contributed by atoms with E-state index in [0.717, 1.165) is 29.9 Å². The number of imide groups is 2. The fraction of sp³-hybridized carbons (Fsp3) is 0.312. The first-order valence-electron chi connectivity index (χ1n) is 7.28. The topological polar surface area (TPSA) is 78.5 Å². The lowest BCUT2D eigenvalue weighted by molar-refractivity contribution is -0.123. The molecule has 0 bridgehead atoms. The number of hydrogen-bond donors (Lipinski definition) is 2. The predicted molar refractivity (Wildman–Crippen MR) is 82.3 cm³/mol. The van der Waals surface area contributed by atoms with Crippen LogP contribution in [0.1, 0.15) is 24.0 Å². The van der Waals surface area contributed by atoms with Gasteiger partial charge in [0.1, 0.15) is 5.57 Å². The van der Waals surface area contributed by atoms with Crippen molar-refractivity contribution >= 4 is 29.6 Å². The molecule has 114 valence electrons. The van der Waals surface area contributed by atoms with Gasteiger partial charge >= 0.3 is 6.03 Å². The Morgan fingerprint density at radius 2 is 1.68 bits per heavy atom. The second-order valence-corrected chi connectivity index (χ2v) is 5.53. The van der Waals surface area contributed by atoms with Gasteiger partial charge in [0.25, 0.3) is 11.8 Å². The van der Waals surface area contributed by atoms with Crippen LogP contribution in [0.5, 0.6) is 0 Å². The van der Waals surface area contributed by atoms with Crippen LogP contribution in [0.4, 0.5) is 10.5 Å². The fourth-order valence-corrected chi connectivity index (χ4v) is 2.76. The number of carbonyl (C=O) groups excluding carboxylic acids is 3. The minimum absolute atomic E-state index is 0.0587. The van der Waals surface area contributed by atoms with Gasteiger partial charge in [-0.25, -0.2) is 4.79 Å².